The first kappa shape index (κ1) is 18.9. The van der Waals surface area contributed by atoms with Crippen LogP contribution in [-0.4, -0.2) is 19.2 Å². The number of allylic oxidation sites excluding steroid dienone is 4. The number of anilines is 2. The summed E-state index contributed by atoms with van der Waals surface area (Å²) in [5.74, 6) is 4.17. The molecule has 6 unspecified atom stereocenters. The van der Waals surface area contributed by atoms with Crippen molar-refractivity contribution < 1.29 is 9.53 Å². The molecule has 0 radical (unpaired) electrons. The molecular weight excluding hydrogens is 360 g/mol. The third kappa shape index (κ3) is 4.13. The molecule has 1 aromatic rings. The molecule has 1 aromatic carbocycles. The normalized spacial score (nSPS) is 33.6. The molecule has 5 rings (SSSR count). The van der Waals surface area contributed by atoms with Gasteiger partial charge in [0, 0.05) is 17.8 Å². The van der Waals surface area contributed by atoms with Crippen LogP contribution in [0.4, 0.5) is 11.4 Å². The van der Waals surface area contributed by atoms with Crippen LogP contribution < -0.4 is 10.6 Å². The van der Waals surface area contributed by atoms with E-state index in [1.54, 1.807) is 0 Å². The number of aryl methyl sites for hydroxylation is 1. The molecule has 6 atom stereocenters. The molecule has 4 aliphatic rings. The summed E-state index contributed by atoms with van der Waals surface area (Å²) in [6, 6.07) is 6.07. The van der Waals surface area contributed by atoms with Crippen molar-refractivity contribution in [2.24, 2.45) is 35.5 Å². The molecule has 2 N–H and O–H groups in total. The molecule has 0 spiro atoms. The predicted molar refractivity (Wildman–Crippen MR) is 117 cm³/mol. The maximum atomic E-state index is 12.5. The number of hydrogen-bond acceptors (Lipinski definition) is 3. The number of ether oxygens (including phenoxy) is 1. The van der Waals surface area contributed by atoms with Gasteiger partial charge in [-0.05, 0) is 85.8 Å². The third-order valence-corrected chi connectivity index (χ3v) is 7.50. The summed E-state index contributed by atoms with van der Waals surface area (Å²) in [6.45, 7) is 3.41. The lowest BCUT2D eigenvalue weighted by atomic mass is 9.90. The first-order valence-corrected chi connectivity index (χ1v) is 11.2. The van der Waals surface area contributed by atoms with Crippen molar-refractivity contribution in [1.82, 2.24) is 0 Å². The predicted octanol–water partition coefficient (Wildman–Crippen LogP) is 5.13. The number of nitrogens with one attached hydrogen (secondary N) is 2. The number of benzene rings is 1. The third-order valence-electron chi connectivity index (χ3n) is 7.50. The first-order valence-electron chi connectivity index (χ1n) is 11.2. The van der Waals surface area contributed by atoms with Crippen LogP contribution in [0.5, 0.6) is 0 Å². The van der Waals surface area contributed by atoms with Gasteiger partial charge >= 0.3 is 0 Å². The zero-order valence-electron chi connectivity index (χ0n) is 17.3. The number of fused-ring (bicyclic) bond motifs is 4. The summed E-state index contributed by atoms with van der Waals surface area (Å²) in [5, 5.41) is 6.49. The molecule has 2 fully saturated rings. The molecule has 4 heteroatoms. The molecule has 0 saturated heterocycles. The highest BCUT2D eigenvalue weighted by molar-refractivity contribution is 5.91. The molecular formula is C25H32N2O2. The molecule has 154 valence electrons. The highest BCUT2D eigenvalue weighted by Crippen LogP contribution is 2.45. The minimum absolute atomic E-state index is 0.131. The van der Waals surface area contributed by atoms with Gasteiger partial charge in [0.1, 0.15) is 6.73 Å². The smallest absolute Gasteiger partial charge is 0.224 e. The van der Waals surface area contributed by atoms with Gasteiger partial charge in [-0.25, -0.2) is 0 Å². The number of carbonyl (C=O) groups excluding carboxylic acids is 1. The summed E-state index contributed by atoms with van der Waals surface area (Å²) in [7, 11) is 0. The van der Waals surface area contributed by atoms with Crippen LogP contribution in [0.3, 0.4) is 0 Å². The Morgan fingerprint density at radius 2 is 1.72 bits per heavy atom. The summed E-state index contributed by atoms with van der Waals surface area (Å²) < 4.78 is 5.93. The van der Waals surface area contributed by atoms with Gasteiger partial charge in [-0.15, -0.1) is 0 Å². The minimum Gasteiger partial charge on any atom is -0.362 e. The van der Waals surface area contributed by atoms with Crippen LogP contribution in [0, 0.1) is 42.4 Å². The zero-order chi connectivity index (χ0) is 19.8. The van der Waals surface area contributed by atoms with Crippen LogP contribution in [0.1, 0.15) is 37.7 Å². The van der Waals surface area contributed by atoms with Gasteiger partial charge in [-0.2, -0.15) is 0 Å². The van der Waals surface area contributed by atoms with Crippen LogP contribution in [-0.2, 0) is 9.53 Å². The van der Waals surface area contributed by atoms with Crippen LogP contribution in [0.2, 0.25) is 0 Å². The van der Waals surface area contributed by atoms with E-state index >= 15 is 0 Å². The molecule has 4 bridgehead atoms. The van der Waals surface area contributed by atoms with Gasteiger partial charge in [0.2, 0.25) is 5.91 Å². The van der Waals surface area contributed by atoms with Gasteiger partial charge < -0.3 is 15.4 Å². The quantitative estimate of drug-likeness (QED) is 0.366. The van der Waals surface area contributed by atoms with E-state index < -0.39 is 0 Å². The fourth-order valence-corrected chi connectivity index (χ4v) is 5.90. The highest BCUT2D eigenvalue weighted by atomic mass is 16.5. The Balaban J connectivity index is 1.09. The van der Waals surface area contributed by atoms with Crippen LogP contribution >= 0.6 is 0 Å². The number of amides is 1. The van der Waals surface area contributed by atoms with Crippen molar-refractivity contribution in [3.05, 3.63) is 48.1 Å². The van der Waals surface area contributed by atoms with E-state index in [0.29, 0.717) is 36.8 Å². The summed E-state index contributed by atoms with van der Waals surface area (Å²) in [6.07, 6.45) is 15.0. The van der Waals surface area contributed by atoms with Gasteiger partial charge in [0.15, 0.2) is 0 Å². The zero-order valence-corrected chi connectivity index (χ0v) is 17.3. The van der Waals surface area contributed by atoms with E-state index in [9.17, 15) is 4.79 Å². The van der Waals surface area contributed by atoms with E-state index in [1.165, 1.54) is 25.7 Å². The average molecular weight is 393 g/mol. The SMILES string of the molecule is Cc1ccc(NC(=O)CC2CC3C=CC2C3)cc1NCOCC1CC2C=CC1C2. The Hall–Kier alpha value is -2.07. The Morgan fingerprint density at radius 3 is 2.38 bits per heavy atom. The summed E-state index contributed by atoms with van der Waals surface area (Å²) in [4.78, 5) is 12.5. The second-order valence-electron chi connectivity index (χ2n) is 9.55. The number of rotatable bonds is 8. The fourth-order valence-electron chi connectivity index (χ4n) is 5.90. The topological polar surface area (TPSA) is 50.4 Å². The molecule has 29 heavy (non-hydrogen) atoms. The number of hydrogen-bond donors (Lipinski definition) is 2. The minimum atomic E-state index is 0.131. The number of carbonyl (C=O) groups is 1. The van der Waals surface area contributed by atoms with Crippen molar-refractivity contribution in [3.63, 3.8) is 0 Å². The summed E-state index contributed by atoms with van der Waals surface area (Å²) >= 11 is 0. The molecule has 2 saturated carbocycles. The maximum Gasteiger partial charge on any atom is 0.224 e. The van der Waals surface area contributed by atoms with Gasteiger partial charge in [0.05, 0.1) is 6.61 Å². The van der Waals surface area contributed by atoms with Crippen LogP contribution in [0.15, 0.2) is 42.5 Å². The lowest BCUT2D eigenvalue weighted by Gasteiger charge is -2.19. The van der Waals surface area contributed by atoms with E-state index in [-0.39, 0.29) is 5.91 Å². The monoisotopic (exact) mass is 392 g/mol. The van der Waals surface area contributed by atoms with Crippen LogP contribution in [0.25, 0.3) is 0 Å². The van der Waals surface area contributed by atoms with E-state index in [0.717, 1.165) is 35.4 Å². The second-order valence-corrected chi connectivity index (χ2v) is 9.55. The first-order chi connectivity index (χ1) is 14.1. The Bertz CT molecular complexity index is 830. The molecule has 4 nitrogen and oxygen atoms in total. The van der Waals surface area contributed by atoms with Crippen molar-refractivity contribution in [2.45, 2.75) is 39.0 Å². The molecule has 0 heterocycles. The average Bonchev–Trinajstić information content (AvgIpc) is 3.49. The molecule has 4 aliphatic carbocycles. The van der Waals surface area contributed by atoms with Crippen molar-refractivity contribution in [2.75, 3.05) is 24.0 Å². The largest absolute Gasteiger partial charge is 0.362 e. The second kappa shape index (κ2) is 7.98. The maximum absolute atomic E-state index is 12.5. The lowest BCUT2D eigenvalue weighted by Crippen LogP contribution is -2.19. The van der Waals surface area contributed by atoms with Gasteiger partial charge in [-0.1, -0.05) is 30.4 Å². The van der Waals surface area contributed by atoms with E-state index in [1.807, 2.05) is 12.1 Å². The Morgan fingerprint density at radius 1 is 1.00 bits per heavy atom. The standard InChI is InChI=1S/C25H32N2O2/c1-16-2-7-23(27-25(28)12-21-10-17-3-5-19(21)8-17)13-24(16)26-15-29-14-22-11-18-4-6-20(22)9-18/h2-7,13,17-22,26H,8-12,14-15H2,1H3,(H,27,28). The van der Waals surface area contributed by atoms with Gasteiger partial charge in [0.25, 0.3) is 0 Å². The Kier molecular flexibility index (Phi) is 5.21. The summed E-state index contributed by atoms with van der Waals surface area (Å²) in [5.41, 5.74) is 3.05. The molecule has 0 aliphatic heterocycles. The fraction of sp³-hybridized carbons (Fsp3) is 0.560. The van der Waals surface area contributed by atoms with Gasteiger partial charge in [-0.3, -0.25) is 4.79 Å². The van der Waals surface area contributed by atoms with Crippen molar-refractivity contribution in [1.29, 1.82) is 0 Å². The van der Waals surface area contributed by atoms with E-state index in [4.69, 9.17) is 4.74 Å². The van der Waals surface area contributed by atoms with E-state index in [2.05, 4.69) is 47.9 Å². The molecule has 0 aromatic heterocycles. The Labute approximate surface area is 173 Å². The highest BCUT2D eigenvalue weighted by Gasteiger charge is 2.37. The molecule has 1 amide bonds. The van der Waals surface area contributed by atoms with Crippen molar-refractivity contribution in [3.8, 4) is 0 Å². The van der Waals surface area contributed by atoms with Crippen molar-refractivity contribution >= 4 is 17.3 Å². The lowest BCUT2D eigenvalue weighted by molar-refractivity contribution is -0.117.